The highest BCUT2D eigenvalue weighted by Crippen LogP contribution is 2.27. The van der Waals surface area contributed by atoms with Gasteiger partial charge in [0, 0.05) is 11.6 Å². The van der Waals surface area contributed by atoms with Crippen LogP contribution in [-0.4, -0.2) is 12.2 Å². The molecule has 0 aliphatic rings. The molecule has 0 spiro atoms. The highest BCUT2D eigenvalue weighted by Gasteiger charge is 2.06. The van der Waals surface area contributed by atoms with Gasteiger partial charge in [0.1, 0.15) is 17.3 Å². The summed E-state index contributed by atoms with van der Waals surface area (Å²) in [5.41, 5.74) is 1.21. The van der Waals surface area contributed by atoms with Gasteiger partial charge in [-0.2, -0.15) is 0 Å². The third-order valence-corrected chi connectivity index (χ3v) is 2.35. The summed E-state index contributed by atoms with van der Waals surface area (Å²) in [4.78, 5) is 0. The molecule has 2 aromatic carbocycles. The Kier molecular flexibility index (Phi) is 2.77. The van der Waals surface area contributed by atoms with Gasteiger partial charge in [-0.05, 0) is 29.8 Å². The van der Waals surface area contributed by atoms with Crippen LogP contribution in [0.3, 0.4) is 0 Å². The number of rotatable bonds is 2. The predicted octanol–water partition coefficient (Wildman–Crippen LogP) is 3.21. The molecule has 16 heavy (non-hydrogen) atoms. The summed E-state index contributed by atoms with van der Waals surface area (Å²) >= 11 is 0. The van der Waals surface area contributed by atoms with E-state index in [0.717, 1.165) is 5.56 Å². The molecule has 1 N–H and O–H groups in total. The van der Waals surface area contributed by atoms with Crippen molar-refractivity contribution in [3.8, 4) is 22.6 Å². The molecule has 0 radical (unpaired) electrons. The van der Waals surface area contributed by atoms with E-state index in [1.54, 1.807) is 24.3 Å². The van der Waals surface area contributed by atoms with E-state index in [1.165, 1.54) is 25.3 Å². The number of aromatic hydroxyl groups is 1. The van der Waals surface area contributed by atoms with Crippen LogP contribution in [0.4, 0.5) is 4.39 Å². The lowest BCUT2D eigenvalue weighted by atomic mass is 10.0. The zero-order chi connectivity index (χ0) is 11.5. The first-order valence-electron chi connectivity index (χ1n) is 4.83. The Labute approximate surface area is 92.9 Å². The van der Waals surface area contributed by atoms with Crippen molar-refractivity contribution < 1.29 is 14.2 Å². The van der Waals surface area contributed by atoms with Gasteiger partial charge < -0.3 is 9.84 Å². The van der Waals surface area contributed by atoms with Crippen molar-refractivity contribution in [3.63, 3.8) is 0 Å². The SMILES string of the molecule is COc1ccc(-c2ccc(O)cc2)c(F)c1. The standard InChI is InChI=1S/C13H11FO2/c1-16-11-6-7-12(13(14)8-11)9-2-4-10(15)5-3-9/h2-8,15H,1H3. The van der Waals surface area contributed by atoms with E-state index in [4.69, 9.17) is 9.84 Å². The van der Waals surface area contributed by atoms with Crippen LogP contribution in [0.5, 0.6) is 11.5 Å². The average Bonchev–Trinajstić information content (AvgIpc) is 2.30. The molecule has 2 rings (SSSR count). The van der Waals surface area contributed by atoms with Gasteiger partial charge in [0.2, 0.25) is 0 Å². The largest absolute Gasteiger partial charge is 0.508 e. The van der Waals surface area contributed by atoms with Crippen LogP contribution >= 0.6 is 0 Å². The van der Waals surface area contributed by atoms with E-state index in [-0.39, 0.29) is 11.6 Å². The van der Waals surface area contributed by atoms with Gasteiger partial charge >= 0.3 is 0 Å². The molecule has 0 fully saturated rings. The van der Waals surface area contributed by atoms with E-state index < -0.39 is 0 Å². The quantitative estimate of drug-likeness (QED) is 0.838. The second-order valence-corrected chi connectivity index (χ2v) is 3.39. The second-order valence-electron chi connectivity index (χ2n) is 3.39. The third kappa shape index (κ3) is 1.98. The Morgan fingerprint density at radius 2 is 1.75 bits per heavy atom. The zero-order valence-electron chi connectivity index (χ0n) is 8.77. The monoisotopic (exact) mass is 218 g/mol. The fraction of sp³-hybridized carbons (Fsp3) is 0.0769. The van der Waals surface area contributed by atoms with Crippen molar-refractivity contribution in [2.75, 3.05) is 7.11 Å². The Hall–Kier alpha value is -2.03. The summed E-state index contributed by atoms with van der Waals surface area (Å²) < 4.78 is 18.6. The Morgan fingerprint density at radius 3 is 2.31 bits per heavy atom. The number of hydrogen-bond donors (Lipinski definition) is 1. The van der Waals surface area contributed by atoms with E-state index in [1.807, 2.05) is 0 Å². The van der Waals surface area contributed by atoms with Crippen LogP contribution in [-0.2, 0) is 0 Å². The van der Waals surface area contributed by atoms with E-state index >= 15 is 0 Å². The average molecular weight is 218 g/mol. The molecular weight excluding hydrogens is 207 g/mol. The number of halogens is 1. The highest BCUT2D eigenvalue weighted by molar-refractivity contribution is 5.65. The minimum absolute atomic E-state index is 0.165. The van der Waals surface area contributed by atoms with Crippen LogP contribution in [0.2, 0.25) is 0 Å². The van der Waals surface area contributed by atoms with Crippen LogP contribution in [0.1, 0.15) is 0 Å². The minimum Gasteiger partial charge on any atom is -0.508 e. The van der Waals surface area contributed by atoms with Gasteiger partial charge in [-0.1, -0.05) is 12.1 Å². The summed E-state index contributed by atoms with van der Waals surface area (Å²) in [6.45, 7) is 0. The number of phenolic OH excluding ortho intramolecular Hbond substituents is 1. The molecule has 0 aromatic heterocycles. The number of ether oxygens (including phenoxy) is 1. The highest BCUT2D eigenvalue weighted by atomic mass is 19.1. The normalized spacial score (nSPS) is 10.1. The van der Waals surface area contributed by atoms with Gasteiger partial charge in [0.25, 0.3) is 0 Å². The minimum atomic E-state index is -0.343. The van der Waals surface area contributed by atoms with E-state index in [2.05, 4.69) is 0 Å². The van der Waals surface area contributed by atoms with Gasteiger partial charge in [0.15, 0.2) is 0 Å². The molecular formula is C13H11FO2. The van der Waals surface area contributed by atoms with E-state index in [0.29, 0.717) is 11.3 Å². The lowest BCUT2D eigenvalue weighted by Crippen LogP contribution is -1.87. The van der Waals surface area contributed by atoms with Crippen molar-refractivity contribution in [1.82, 2.24) is 0 Å². The van der Waals surface area contributed by atoms with E-state index in [9.17, 15) is 4.39 Å². The van der Waals surface area contributed by atoms with Crippen molar-refractivity contribution in [2.24, 2.45) is 0 Å². The molecule has 2 nitrogen and oxygen atoms in total. The molecule has 2 aromatic rings. The first-order valence-corrected chi connectivity index (χ1v) is 4.83. The van der Waals surface area contributed by atoms with Crippen molar-refractivity contribution in [2.45, 2.75) is 0 Å². The lowest BCUT2D eigenvalue weighted by molar-refractivity contribution is 0.411. The van der Waals surface area contributed by atoms with Crippen LogP contribution in [0.25, 0.3) is 11.1 Å². The Morgan fingerprint density at radius 1 is 1.06 bits per heavy atom. The van der Waals surface area contributed by atoms with Gasteiger partial charge in [-0.25, -0.2) is 4.39 Å². The van der Waals surface area contributed by atoms with Crippen molar-refractivity contribution in [3.05, 3.63) is 48.3 Å². The second kappa shape index (κ2) is 4.23. The predicted molar refractivity (Wildman–Crippen MR) is 60.1 cm³/mol. The summed E-state index contributed by atoms with van der Waals surface area (Å²) in [6, 6.07) is 11.1. The fourth-order valence-electron chi connectivity index (χ4n) is 1.50. The van der Waals surface area contributed by atoms with Crippen LogP contribution in [0, 0.1) is 5.82 Å². The van der Waals surface area contributed by atoms with Gasteiger partial charge in [-0.15, -0.1) is 0 Å². The fourth-order valence-corrected chi connectivity index (χ4v) is 1.50. The number of phenols is 1. The maximum atomic E-state index is 13.7. The number of hydrogen-bond acceptors (Lipinski definition) is 2. The van der Waals surface area contributed by atoms with Gasteiger partial charge in [-0.3, -0.25) is 0 Å². The van der Waals surface area contributed by atoms with Crippen LogP contribution < -0.4 is 4.74 Å². The smallest absolute Gasteiger partial charge is 0.134 e. The van der Waals surface area contributed by atoms with Crippen molar-refractivity contribution >= 4 is 0 Å². The molecule has 3 heteroatoms. The molecule has 0 bridgehead atoms. The van der Waals surface area contributed by atoms with Crippen LogP contribution in [0.15, 0.2) is 42.5 Å². The summed E-state index contributed by atoms with van der Waals surface area (Å²) in [6.07, 6.45) is 0. The molecule has 0 saturated carbocycles. The molecule has 0 saturated heterocycles. The lowest BCUT2D eigenvalue weighted by Gasteiger charge is -2.05. The third-order valence-electron chi connectivity index (χ3n) is 2.35. The summed E-state index contributed by atoms with van der Waals surface area (Å²) in [5, 5.41) is 9.14. The molecule has 0 atom stereocenters. The zero-order valence-corrected chi connectivity index (χ0v) is 8.77. The first-order chi connectivity index (χ1) is 7.70. The Balaban J connectivity index is 2.44. The topological polar surface area (TPSA) is 29.5 Å². The maximum Gasteiger partial charge on any atom is 0.134 e. The maximum absolute atomic E-state index is 13.7. The molecule has 0 unspecified atom stereocenters. The Bertz CT molecular complexity index is 492. The summed E-state index contributed by atoms with van der Waals surface area (Å²) in [5.74, 6) is 0.308. The van der Waals surface area contributed by atoms with Crippen molar-refractivity contribution in [1.29, 1.82) is 0 Å². The molecule has 0 amide bonds. The molecule has 0 heterocycles. The number of benzene rings is 2. The molecule has 0 aliphatic heterocycles. The molecule has 0 aliphatic carbocycles. The first kappa shape index (κ1) is 10.5. The molecule has 82 valence electrons. The summed E-state index contributed by atoms with van der Waals surface area (Å²) in [7, 11) is 1.50. The number of methoxy groups -OCH3 is 1. The van der Waals surface area contributed by atoms with Gasteiger partial charge in [0.05, 0.1) is 7.11 Å².